The first-order chi connectivity index (χ1) is 12.1. The molecule has 128 valence electrons. The van der Waals surface area contributed by atoms with Crippen LogP contribution in [-0.4, -0.2) is 42.1 Å². The van der Waals surface area contributed by atoms with Gasteiger partial charge in [0, 0.05) is 31.0 Å². The van der Waals surface area contributed by atoms with Gasteiger partial charge in [0.1, 0.15) is 11.6 Å². The predicted octanol–water partition coefficient (Wildman–Crippen LogP) is 3.58. The first-order valence-corrected chi connectivity index (χ1v) is 8.41. The number of fused-ring (bicyclic) bond motifs is 1. The molecule has 4 rings (SSSR count). The Bertz CT molecular complexity index is 948. The van der Waals surface area contributed by atoms with Crippen LogP contribution in [0.5, 0.6) is 0 Å². The van der Waals surface area contributed by atoms with Crippen molar-refractivity contribution in [2.45, 2.75) is 6.92 Å². The molecule has 1 fully saturated rings. The van der Waals surface area contributed by atoms with E-state index in [4.69, 9.17) is 20.8 Å². The zero-order chi connectivity index (χ0) is 17.4. The smallest absolute Gasteiger partial charge is 0.224 e. The maximum absolute atomic E-state index is 11.4. The van der Waals surface area contributed by atoms with Crippen LogP contribution in [0.3, 0.4) is 0 Å². The number of benzene rings is 1. The Hall–Kier alpha value is -2.44. The average Bonchev–Trinajstić information content (AvgIpc) is 3.11. The van der Waals surface area contributed by atoms with Gasteiger partial charge in [0.15, 0.2) is 11.5 Å². The number of Topliss-reactive ketones (excluding diaryl/α,β-unsaturated/α-hetero) is 1. The third-order valence-corrected chi connectivity index (χ3v) is 4.37. The Morgan fingerprint density at radius 2 is 1.96 bits per heavy atom. The number of carbonyl (C=O) groups excluding carboxylic acids is 1. The summed E-state index contributed by atoms with van der Waals surface area (Å²) in [5.41, 5.74) is 1.57. The summed E-state index contributed by atoms with van der Waals surface area (Å²) < 4.78 is 11.0. The zero-order valence-electron chi connectivity index (χ0n) is 13.7. The number of halogens is 1. The predicted molar refractivity (Wildman–Crippen MR) is 95.3 cm³/mol. The van der Waals surface area contributed by atoms with E-state index in [0.29, 0.717) is 24.7 Å². The van der Waals surface area contributed by atoms with E-state index in [2.05, 4.69) is 14.9 Å². The summed E-state index contributed by atoms with van der Waals surface area (Å²) in [6, 6.07) is 9.25. The summed E-state index contributed by atoms with van der Waals surface area (Å²) in [5.74, 6) is 1.67. The van der Waals surface area contributed by atoms with Crippen LogP contribution in [-0.2, 0) is 4.74 Å². The molecule has 1 aliphatic rings. The van der Waals surface area contributed by atoms with Crippen molar-refractivity contribution in [2.75, 3.05) is 31.2 Å². The standard InChI is InChI=1S/C18H16ClN3O3/c1-11(23)15-4-5-16(25-15)12-2-3-13-14(10-12)20-18(19)21-17(13)22-6-8-24-9-7-22/h2-5,10H,6-9H2,1H3. The van der Waals surface area contributed by atoms with Crippen molar-refractivity contribution < 1.29 is 13.9 Å². The number of nitrogens with zero attached hydrogens (tertiary/aromatic N) is 3. The number of ketones is 1. The SMILES string of the molecule is CC(=O)c1ccc(-c2ccc3c(N4CCOCC4)nc(Cl)nc3c2)o1. The highest BCUT2D eigenvalue weighted by Gasteiger charge is 2.18. The Kier molecular flexibility index (Phi) is 4.15. The summed E-state index contributed by atoms with van der Waals surface area (Å²) in [7, 11) is 0. The maximum atomic E-state index is 11.4. The molecule has 0 amide bonds. The normalized spacial score (nSPS) is 14.9. The molecule has 0 saturated carbocycles. The van der Waals surface area contributed by atoms with E-state index in [0.717, 1.165) is 35.4 Å². The number of hydrogen-bond acceptors (Lipinski definition) is 6. The maximum Gasteiger partial charge on any atom is 0.224 e. The molecular weight excluding hydrogens is 342 g/mol. The molecule has 7 heteroatoms. The van der Waals surface area contributed by atoms with Crippen molar-refractivity contribution in [2.24, 2.45) is 0 Å². The molecule has 1 saturated heterocycles. The van der Waals surface area contributed by atoms with E-state index in [-0.39, 0.29) is 11.1 Å². The minimum atomic E-state index is -0.105. The van der Waals surface area contributed by atoms with Crippen molar-refractivity contribution in [3.8, 4) is 11.3 Å². The van der Waals surface area contributed by atoms with E-state index in [1.807, 2.05) is 18.2 Å². The Balaban J connectivity index is 1.78. The zero-order valence-corrected chi connectivity index (χ0v) is 14.4. The lowest BCUT2D eigenvalue weighted by molar-refractivity contribution is 0.0988. The number of rotatable bonds is 3. The molecule has 0 spiro atoms. The highest BCUT2D eigenvalue weighted by Crippen LogP contribution is 2.31. The largest absolute Gasteiger partial charge is 0.453 e. The van der Waals surface area contributed by atoms with Crippen molar-refractivity contribution in [3.05, 3.63) is 41.4 Å². The highest BCUT2D eigenvalue weighted by molar-refractivity contribution is 6.28. The molecule has 3 aromatic rings. The van der Waals surface area contributed by atoms with Crippen molar-refractivity contribution >= 4 is 34.1 Å². The van der Waals surface area contributed by atoms with E-state index < -0.39 is 0 Å². The van der Waals surface area contributed by atoms with Crippen LogP contribution in [0.15, 0.2) is 34.7 Å². The number of hydrogen-bond donors (Lipinski definition) is 0. The lowest BCUT2D eigenvalue weighted by Gasteiger charge is -2.28. The molecule has 1 aliphatic heterocycles. The van der Waals surface area contributed by atoms with Gasteiger partial charge in [-0.1, -0.05) is 6.07 Å². The topological polar surface area (TPSA) is 68.5 Å². The van der Waals surface area contributed by atoms with Gasteiger partial charge in [0.2, 0.25) is 5.28 Å². The van der Waals surface area contributed by atoms with Crippen molar-refractivity contribution in [1.82, 2.24) is 9.97 Å². The minimum absolute atomic E-state index is 0.105. The van der Waals surface area contributed by atoms with Crippen LogP contribution >= 0.6 is 11.6 Å². The fourth-order valence-electron chi connectivity index (χ4n) is 2.94. The van der Waals surface area contributed by atoms with Gasteiger partial charge in [-0.3, -0.25) is 4.79 Å². The molecule has 0 radical (unpaired) electrons. The van der Waals surface area contributed by atoms with Gasteiger partial charge in [0.05, 0.1) is 18.7 Å². The first kappa shape index (κ1) is 16.1. The number of morpholine rings is 1. The average molecular weight is 358 g/mol. The third-order valence-electron chi connectivity index (χ3n) is 4.20. The van der Waals surface area contributed by atoms with Gasteiger partial charge in [0.25, 0.3) is 0 Å². The lowest BCUT2D eigenvalue weighted by atomic mass is 10.1. The minimum Gasteiger partial charge on any atom is -0.453 e. The van der Waals surface area contributed by atoms with E-state index in [1.165, 1.54) is 6.92 Å². The van der Waals surface area contributed by atoms with E-state index in [9.17, 15) is 4.79 Å². The van der Waals surface area contributed by atoms with Crippen LogP contribution in [0, 0.1) is 0 Å². The fraction of sp³-hybridized carbons (Fsp3) is 0.278. The van der Waals surface area contributed by atoms with Crippen LogP contribution in [0.2, 0.25) is 5.28 Å². The highest BCUT2D eigenvalue weighted by atomic mass is 35.5. The fourth-order valence-corrected chi connectivity index (χ4v) is 3.11. The number of aromatic nitrogens is 2. The van der Waals surface area contributed by atoms with Crippen LogP contribution in [0.4, 0.5) is 5.82 Å². The summed E-state index contributed by atoms with van der Waals surface area (Å²) in [6.45, 7) is 4.35. The number of carbonyl (C=O) groups is 1. The second-order valence-corrected chi connectivity index (χ2v) is 6.21. The number of ether oxygens (including phenoxy) is 1. The summed E-state index contributed by atoms with van der Waals surface area (Å²) in [4.78, 5) is 22.3. The molecule has 0 unspecified atom stereocenters. The van der Waals surface area contributed by atoms with Crippen LogP contribution < -0.4 is 4.90 Å². The summed E-state index contributed by atoms with van der Waals surface area (Å²) >= 11 is 6.14. The summed E-state index contributed by atoms with van der Waals surface area (Å²) in [6.07, 6.45) is 0. The van der Waals surface area contributed by atoms with Gasteiger partial charge in [-0.05, 0) is 35.9 Å². The van der Waals surface area contributed by atoms with Gasteiger partial charge >= 0.3 is 0 Å². The molecular formula is C18H16ClN3O3. The molecule has 0 atom stereocenters. The van der Waals surface area contributed by atoms with Crippen molar-refractivity contribution in [3.63, 3.8) is 0 Å². The first-order valence-electron chi connectivity index (χ1n) is 8.03. The van der Waals surface area contributed by atoms with E-state index in [1.54, 1.807) is 12.1 Å². The number of furan rings is 1. The van der Waals surface area contributed by atoms with Gasteiger partial charge < -0.3 is 14.1 Å². The van der Waals surface area contributed by atoms with Gasteiger partial charge in [-0.25, -0.2) is 4.98 Å². The second-order valence-electron chi connectivity index (χ2n) is 5.87. The monoisotopic (exact) mass is 357 g/mol. The summed E-state index contributed by atoms with van der Waals surface area (Å²) in [5, 5.41) is 1.13. The van der Waals surface area contributed by atoms with E-state index >= 15 is 0 Å². The van der Waals surface area contributed by atoms with Crippen molar-refractivity contribution in [1.29, 1.82) is 0 Å². The molecule has 6 nitrogen and oxygen atoms in total. The van der Waals surface area contributed by atoms with Crippen LogP contribution in [0.25, 0.3) is 22.2 Å². The molecule has 0 aliphatic carbocycles. The lowest BCUT2D eigenvalue weighted by Crippen LogP contribution is -2.37. The van der Waals surface area contributed by atoms with Gasteiger partial charge in [-0.2, -0.15) is 4.98 Å². The molecule has 3 heterocycles. The molecule has 0 N–H and O–H groups in total. The van der Waals surface area contributed by atoms with Gasteiger partial charge in [-0.15, -0.1) is 0 Å². The molecule has 2 aromatic heterocycles. The molecule has 1 aromatic carbocycles. The Morgan fingerprint density at radius 3 is 2.68 bits per heavy atom. The second kappa shape index (κ2) is 6.46. The number of anilines is 1. The molecule has 0 bridgehead atoms. The Labute approximate surface area is 149 Å². The van der Waals surface area contributed by atoms with Crippen LogP contribution in [0.1, 0.15) is 17.5 Å². The molecule has 25 heavy (non-hydrogen) atoms. The third kappa shape index (κ3) is 3.10. The Morgan fingerprint density at radius 1 is 1.16 bits per heavy atom. The quantitative estimate of drug-likeness (QED) is 0.527.